The van der Waals surface area contributed by atoms with E-state index in [9.17, 15) is 13.2 Å². The van der Waals surface area contributed by atoms with Crippen molar-refractivity contribution in [3.63, 3.8) is 0 Å². The van der Waals surface area contributed by atoms with Crippen molar-refractivity contribution in [2.24, 2.45) is 0 Å². The molecule has 0 aliphatic carbocycles. The lowest BCUT2D eigenvalue weighted by molar-refractivity contribution is -0.137. The number of carboxylic acid groups (broad SMARTS) is 1. The Morgan fingerprint density at radius 3 is 2.57 bits per heavy atom. The van der Waals surface area contributed by atoms with Gasteiger partial charge in [0.25, 0.3) is 0 Å². The van der Waals surface area contributed by atoms with Crippen LogP contribution in [0.15, 0.2) is 52.5 Å². The SMILES string of the molecule is CS(=O)(=O)c1nccc2c1cc1n2CCC1CC(=O)O.Sc1ccc(Cl)cc1. The number of halogens is 1. The molecule has 1 aliphatic rings. The Morgan fingerprint density at radius 2 is 2.00 bits per heavy atom. The minimum Gasteiger partial charge on any atom is -0.481 e. The van der Waals surface area contributed by atoms with Crippen LogP contribution < -0.4 is 0 Å². The van der Waals surface area contributed by atoms with Crippen molar-refractivity contribution < 1.29 is 18.3 Å². The van der Waals surface area contributed by atoms with Crippen LogP contribution in [-0.4, -0.2) is 35.3 Å². The number of fused-ring (bicyclic) bond motifs is 3. The Kier molecular flexibility index (Phi) is 6.02. The summed E-state index contributed by atoms with van der Waals surface area (Å²) in [6.45, 7) is 0.712. The Morgan fingerprint density at radius 1 is 1.32 bits per heavy atom. The Bertz CT molecular complexity index is 1100. The molecule has 28 heavy (non-hydrogen) atoms. The molecule has 3 aromatic rings. The number of benzene rings is 1. The standard InChI is InChI=1S/C13H14N2O4S.C6H5ClS/c1-20(18,19)13-9-7-11-8(6-12(16)17)3-5-15(11)10(9)2-4-14-13;7-5-1-3-6(8)4-2-5/h2,4,7-8H,3,5-6H2,1H3,(H,16,17);1-4,8H. The van der Waals surface area contributed by atoms with E-state index in [2.05, 4.69) is 17.6 Å². The second kappa shape index (κ2) is 8.14. The first kappa shape index (κ1) is 20.7. The highest BCUT2D eigenvalue weighted by molar-refractivity contribution is 7.90. The molecule has 9 heteroatoms. The lowest BCUT2D eigenvalue weighted by atomic mass is 10.0. The fourth-order valence-electron chi connectivity index (χ4n) is 3.35. The maximum atomic E-state index is 11.8. The van der Waals surface area contributed by atoms with E-state index in [1.807, 2.05) is 28.8 Å². The summed E-state index contributed by atoms with van der Waals surface area (Å²) < 4.78 is 25.5. The summed E-state index contributed by atoms with van der Waals surface area (Å²) in [7, 11) is -3.40. The molecule has 148 valence electrons. The fraction of sp³-hybridized carbons (Fsp3) is 0.263. The van der Waals surface area contributed by atoms with Gasteiger partial charge < -0.3 is 9.67 Å². The number of hydrogen-bond donors (Lipinski definition) is 2. The van der Waals surface area contributed by atoms with Crippen LogP contribution in [0.2, 0.25) is 5.02 Å². The normalized spacial score (nSPS) is 15.8. The number of pyridine rings is 1. The maximum Gasteiger partial charge on any atom is 0.304 e. The summed E-state index contributed by atoms with van der Waals surface area (Å²) in [6.07, 6.45) is 3.45. The molecule has 4 rings (SSSR count). The van der Waals surface area contributed by atoms with Crippen molar-refractivity contribution in [2.75, 3.05) is 6.26 Å². The molecule has 0 bridgehead atoms. The fourth-order valence-corrected chi connectivity index (χ4v) is 4.45. The van der Waals surface area contributed by atoms with Crippen LogP contribution in [0.1, 0.15) is 24.5 Å². The number of nitrogens with zero attached hydrogens (tertiary/aromatic N) is 2. The van der Waals surface area contributed by atoms with Gasteiger partial charge in [-0.05, 0) is 42.8 Å². The molecule has 0 radical (unpaired) electrons. The second-order valence-electron chi connectivity index (χ2n) is 6.60. The molecule has 0 fully saturated rings. The number of aryl methyl sites for hydroxylation is 1. The number of thiol groups is 1. The molecule has 0 spiro atoms. The number of carbonyl (C=O) groups is 1. The molecule has 3 heterocycles. The zero-order valence-corrected chi connectivity index (χ0v) is 17.5. The molecule has 1 aliphatic heterocycles. The first-order valence-electron chi connectivity index (χ1n) is 8.51. The van der Waals surface area contributed by atoms with Gasteiger partial charge in [0.15, 0.2) is 14.9 Å². The van der Waals surface area contributed by atoms with E-state index in [1.54, 1.807) is 12.1 Å². The zero-order valence-electron chi connectivity index (χ0n) is 15.0. The largest absolute Gasteiger partial charge is 0.481 e. The van der Waals surface area contributed by atoms with Crippen molar-refractivity contribution in [3.8, 4) is 0 Å². The number of aliphatic carboxylic acids is 1. The number of hydrogen-bond acceptors (Lipinski definition) is 5. The Hall–Kier alpha value is -2.03. The van der Waals surface area contributed by atoms with Crippen LogP contribution in [0, 0.1) is 0 Å². The van der Waals surface area contributed by atoms with Crippen molar-refractivity contribution in [3.05, 3.63) is 53.3 Å². The predicted molar refractivity (Wildman–Crippen MR) is 111 cm³/mol. The van der Waals surface area contributed by atoms with E-state index < -0.39 is 15.8 Å². The molecule has 1 atom stereocenters. The molecule has 0 amide bonds. The number of aromatic nitrogens is 2. The Labute approximate surface area is 173 Å². The lowest BCUT2D eigenvalue weighted by Gasteiger charge is -2.04. The average molecular weight is 439 g/mol. The molecule has 0 saturated heterocycles. The molecule has 0 saturated carbocycles. The van der Waals surface area contributed by atoms with Gasteiger partial charge in [0, 0.05) is 45.9 Å². The molecule has 1 N–H and O–H groups in total. The smallest absolute Gasteiger partial charge is 0.304 e. The highest BCUT2D eigenvalue weighted by Gasteiger charge is 2.28. The van der Waals surface area contributed by atoms with E-state index in [0.717, 1.165) is 33.8 Å². The summed E-state index contributed by atoms with van der Waals surface area (Å²) in [4.78, 5) is 15.8. The third-order valence-electron chi connectivity index (χ3n) is 4.54. The van der Waals surface area contributed by atoms with Gasteiger partial charge in [-0.15, -0.1) is 12.6 Å². The number of sulfone groups is 1. The topological polar surface area (TPSA) is 89.3 Å². The van der Waals surface area contributed by atoms with Crippen molar-refractivity contribution in [1.82, 2.24) is 9.55 Å². The maximum absolute atomic E-state index is 11.8. The molecule has 6 nitrogen and oxygen atoms in total. The van der Waals surface area contributed by atoms with Crippen LogP contribution in [0.5, 0.6) is 0 Å². The van der Waals surface area contributed by atoms with Crippen molar-refractivity contribution in [1.29, 1.82) is 0 Å². The summed E-state index contributed by atoms with van der Waals surface area (Å²) in [6, 6.07) is 10.9. The number of rotatable bonds is 3. The first-order valence-corrected chi connectivity index (χ1v) is 11.2. The predicted octanol–water partition coefficient (Wildman–Crippen LogP) is 4.03. The molecular weight excluding hydrogens is 420 g/mol. The van der Waals surface area contributed by atoms with E-state index >= 15 is 0 Å². The van der Waals surface area contributed by atoms with Gasteiger partial charge >= 0.3 is 5.97 Å². The molecule has 1 unspecified atom stereocenters. The quantitative estimate of drug-likeness (QED) is 0.602. The van der Waals surface area contributed by atoms with Gasteiger partial charge in [-0.3, -0.25) is 4.79 Å². The number of carboxylic acids is 1. The van der Waals surface area contributed by atoms with Crippen molar-refractivity contribution in [2.45, 2.75) is 35.2 Å². The van der Waals surface area contributed by atoms with Crippen LogP contribution >= 0.6 is 24.2 Å². The van der Waals surface area contributed by atoms with E-state index in [0.29, 0.717) is 11.9 Å². The van der Waals surface area contributed by atoms with Gasteiger partial charge in [0.1, 0.15) is 0 Å². The summed E-state index contributed by atoms with van der Waals surface area (Å²) in [5.74, 6) is -0.900. The van der Waals surface area contributed by atoms with Gasteiger partial charge in [-0.1, -0.05) is 11.6 Å². The summed E-state index contributed by atoms with van der Waals surface area (Å²) >= 11 is 9.65. The minimum atomic E-state index is -3.40. The lowest BCUT2D eigenvalue weighted by Crippen LogP contribution is -2.03. The van der Waals surface area contributed by atoms with Crippen LogP contribution in [-0.2, 0) is 21.2 Å². The molecule has 2 aromatic heterocycles. The highest BCUT2D eigenvalue weighted by atomic mass is 35.5. The van der Waals surface area contributed by atoms with E-state index in [4.69, 9.17) is 16.7 Å². The zero-order chi connectivity index (χ0) is 20.5. The van der Waals surface area contributed by atoms with Crippen LogP contribution in [0.4, 0.5) is 0 Å². The molecule has 1 aromatic carbocycles. The van der Waals surface area contributed by atoms with E-state index in [1.165, 1.54) is 6.20 Å². The average Bonchev–Trinajstić information content (AvgIpc) is 3.16. The highest BCUT2D eigenvalue weighted by Crippen LogP contribution is 2.37. The Balaban J connectivity index is 0.000000236. The van der Waals surface area contributed by atoms with Crippen LogP contribution in [0.3, 0.4) is 0 Å². The third kappa shape index (κ3) is 4.51. The third-order valence-corrected chi connectivity index (χ3v) is 6.12. The van der Waals surface area contributed by atoms with Gasteiger partial charge in [-0.2, -0.15) is 0 Å². The van der Waals surface area contributed by atoms with E-state index in [-0.39, 0.29) is 17.4 Å². The first-order chi connectivity index (χ1) is 13.2. The van der Waals surface area contributed by atoms with Gasteiger partial charge in [-0.25, -0.2) is 13.4 Å². The molecular formula is C19H19ClN2O4S2. The van der Waals surface area contributed by atoms with Crippen LogP contribution in [0.25, 0.3) is 10.9 Å². The summed E-state index contributed by atoms with van der Waals surface area (Å²) in [5.41, 5.74) is 1.70. The van der Waals surface area contributed by atoms with Crippen molar-refractivity contribution >= 4 is 50.9 Å². The monoisotopic (exact) mass is 438 g/mol. The summed E-state index contributed by atoms with van der Waals surface area (Å²) in [5, 5.41) is 10.3. The second-order valence-corrected chi connectivity index (χ2v) is 9.49. The van der Waals surface area contributed by atoms with Gasteiger partial charge in [0.2, 0.25) is 0 Å². The van der Waals surface area contributed by atoms with Gasteiger partial charge in [0.05, 0.1) is 11.9 Å². The minimum absolute atomic E-state index is 0.0611.